The van der Waals surface area contributed by atoms with Crippen molar-refractivity contribution in [3.05, 3.63) is 103 Å². The Morgan fingerprint density at radius 2 is 1.65 bits per heavy atom. The highest BCUT2D eigenvalue weighted by atomic mass is 32.2. The number of carbonyl (C=O) groups is 1. The van der Waals surface area contributed by atoms with Crippen LogP contribution in [0.3, 0.4) is 0 Å². The van der Waals surface area contributed by atoms with E-state index in [0.717, 1.165) is 22.0 Å². The number of hydrogen-bond acceptors (Lipinski definition) is 5. The zero-order valence-electron chi connectivity index (χ0n) is 16.6. The minimum absolute atomic E-state index is 0.0568. The lowest BCUT2D eigenvalue weighted by Crippen LogP contribution is -2.05. The molecule has 5 rings (SSSR count). The Balaban J connectivity index is 1.45. The van der Waals surface area contributed by atoms with Gasteiger partial charge in [-0.25, -0.2) is 0 Å². The summed E-state index contributed by atoms with van der Waals surface area (Å²) in [5.74, 6) is 1.03. The summed E-state index contributed by atoms with van der Waals surface area (Å²) in [6.07, 6.45) is 3.49. The Bertz CT molecular complexity index is 1350. The monoisotopic (exact) mass is 422 g/mol. The molecule has 5 nitrogen and oxygen atoms in total. The average Bonchev–Trinajstić information content (AvgIpc) is 3.27. The Labute approximate surface area is 183 Å². The number of ketones is 1. The first-order chi connectivity index (χ1) is 15.3. The number of thioether (sulfide) groups is 1. The lowest BCUT2D eigenvalue weighted by atomic mass is 10.1. The molecule has 0 unspecified atom stereocenters. The molecule has 0 radical (unpaired) electrons. The summed E-state index contributed by atoms with van der Waals surface area (Å²) in [6, 6.07) is 27.6. The molecule has 0 spiro atoms. The topological polar surface area (TPSA) is 60.7 Å². The van der Waals surface area contributed by atoms with E-state index in [-0.39, 0.29) is 11.5 Å². The normalized spacial score (nSPS) is 11.0. The summed E-state index contributed by atoms with van der Waals surface area (Å²) in [5.41, 5.74) is 2.50. The molecule has 5 aromatic rings. The van der Waals surface area contributed by atoms with E-state index in [2.05, 4.69) is 15.2 Å². The average molecular weight is 423 g/mol. The fourth-order valence-corrected chi connectivity index (χ4v) is 4.28. The van der Waals surface area contributed by atoms with Gasteiger partial charge in [0, 0.05) is 29.2 Å². The van der Waals surface area contributed by atoms with Gasteiger partial charge in [0.1, 0.15) is 0 Å². The van der Waals surface area contributed by atoms with Crippen molar-refractivity contribution in [1.82, 2.24) is 19.7 Å². The number of benzene rings is 3. The first kappa shape index (κ1) is 19.2. The van der Waals surface area contributed by atoms with Crippen molar-refractivity contribution in [2.75, 3.05) is 5.75 Å². The van der Waals surface area contributed by atoms with E-state index in [9.17, 15) is 4.79 Å². The summed E-state index contributed by atoms with van der Waals surface area (Å²) >= 11 is 1.39. The second kappa shape index (κ2) is 8.53. The number of pyridine rings is 1. The van der Waals surface area contributed by atoms with E-state index in [4.69, 9.17) is 0 Å². The van der Waals surface area contributed by atoms with Gasteiger partial charge in [0.25, 0.3) is 0 Å². The van der Waals surface area contributed by atoms with Gasteiger partial charge in [0.15, 0.2) is 16.8 Å². The Morgan fingerprint density at radius 1 is 0.839 bits per heavy atom. The van der Waals surface area contributed by atoms with Crippen molar-refractivity contribution >= 4 is 28.3 Å². The van der Waals surface area contributed by atoms with Crippen molar-refractivity contribution in [2.45, 2.75) is 5.16 Å². The first-order valence-corrected chi connectivity index (χ1v) is 10.8. The quantitative estimate of drug-likeness (QED) is 0.269. The second-order valence-electron chi connectivity index (χ2n) is 6.99. The van der Waals surface area contributed by atoms with Crippen LogP contribution in [0.25, 0.3) is 27.8 Å². The van der Waals surface area contributed by atoms with E-state index in [0.29, 0.717) is 16.5 Å². The van der Waals surface area contributed by atoms with Gasteiger partial charge in [0.05, 0.1) is 5.75 Å². The number of nitrogens with zero attached hydrogens (tertiary/aromatic N) is 4. The molecule has 3 aromatic carbocycles. The molecule has 0 amide bonds. The number of rotatable bonds is 6. The fraction of sp³-hybridized carbons (Fsp3) is 0.0400. The third-order valence-electron chi connectivity index (χ3n) is 4.97. The van der Waals surface area contributed by atoms with Crippen molar-refractivity contribution < 1.29 is 4.79 Å². The van der Waals surface area contributed by atoms with Crippen LogP contribution in [-0.4, -0.2) is 31.3 Å². The molecule has 0 saturated carbocycles. The maximum atomic E-state index is 12.9. The minimum Gasteiger partial charge on any atom is -0.293 e. The van der Waals surface area contributed by atoms with Gasteiger partial charge in [0.2, 0.25) is 0 Å². The van der Waals surface area contributed by atoms with Crippen LogP contribution in [0.5, 0.6) is 0 Å². The molecule has 150 valence electrons. The summed E-state index contributed by atoms with van der Waals surface area (Å²) < 4.78 is 1.97. The maximum absolute atomic E-state index is 12.9. The Kier molecular flexibility index (Phi) is 5.29. The maximum Gasteiger partial charge on any atom is 0.196 e. The molecular formula is C25H18N4OS. The van der Waals surface area contributed by atoms with E-state index in [1.54, 1.807) is 12.4 Å². The molecule has 0 fully saturated rings. The molecule has 6 heteroatoms. The van der Waals surface area contributed by atoms with Crippen LogP contribution in [0, 0.1) is 0 Å². The minimum atomic E-state index is 0.0568. The molecular weight excluding hydrogens is 404 g/mol. The summed E-state index contributed by atoms with van der Waals surface area (Å²) in [5, 5.41) is 11.6. The van der Waals surface area contributed by atoms with Crippen molar-refractivity contribution in [3.8, 4) is 17.1 Å². The van der Waals surface area contributed by atoms with Crippen LogP contribution in [0.2, 0.25) is 0 Å². The number of para-hydroxylation sites is 1. The number of carbonyl (C=O) groups excluding carboxylic acids is 1. The molecule has 0 aliphatic rings. The zero-order valence-corrected chi connectivity index (χ0v) is 17.4. The van der Waals surface area contributed by atoms with Crippen LogP contribution < -0.4 is 0 Å². The standard InChI is InChI=1S/C25H18N4OS/c30-23(20-13-12-18-7-4-5-8-19(18)15-20)17-31-25-28-27-24(21-9-6-14-26-16-21)29(25)22-10-2-1-3-11-22/h1-16H,17H2. The van der Waals surface area contributed by atoms with E-state index in [1.165, 1.54) is 11.8 Å². The van der Waals surface area contributed by atoms with Gasteiger partial charge >= 0.3 is 0 Å². The smallest absolute Gasteiger partial charge is 0.196 e. The van der Waals surface area contributed by atoms with Crippen molar-refractivity contribution in [1.29, 1.82) is 0 Å². The van der Waals surface area contributed by atoms with Gasteiger partial charge in [-0.3, -0.25) is 14.3 Å². The third-order valence-corrected chi connectivity index (χ3v) is 5.90. The molecule has 2 aromatic heterocycles. The van der Waals surface area contributed by atoms with E-state index >= 15 is 0 Å². The number of Topliss-reactive ketones (excluding diaryl/α,β-unsaturated/α-hetero) is 1. The number of aromatic nitrogens is 4. The molecule has 0 bridgehead atoms. The van der Waals surface area contributed by atoms with Crippen LogP contribution in [0.4, 0.5) is 0 Å². The highest BCUT2D eigenvalue weighted by Crippen LogP contribution is 2.28. The molecule has 31 heavy (non-hydrogen) atoms. The van der Waals surface area contributed by atoms with Gasteiger partial charge in [-0.2, -0.15) is 0 Å². The summed E-state index contributed by atoms with van der Waals surface area (Å²) in [6.45, 7) is 0. The molecule has 0 aliphatic carbocycles. The zero-order chi connectivity index (χ0) is 21.0. The molecule has 0 atom stereocenters. The summed E-state index contributed by atoms with van der Waals surface area (Å²) in [7, 11) is 0. The van der Waals surface area contributed by atoms with Crippen LogP contribution in [-0.2, 0) is 0 Å². The lowest BCUT2D eigenvalue weighted by Gasteiger charge is -2.10. The molecule has 0 N–H and O–H groups in total. The van der Waals surface area contributed by atoms with Crippen molar-refractivity contribution in [2.24, 2.45) is 0 Å². The predicted octanol–water partition coefficient (Wildman–Crippen LogP) is 5.46. The molecule has 0 saturated heterocycles. The van der Waals surface area contributed by atoms with Gasteiger partial charge in [-0.05, 0) is 41.1 Å². The highest BCUT2D eigenvalue weighted by molar-refractivity contribution is 7.99. The summed E-state index contributed by atoms with van der Waals surface area (Å²) in [4.78, 5) is 17.1. The van der Waals surface area contributed by atoms with Gasteiger partial charge in [-0.15, -0.1) is 10.2 Å². The van der Waals surface area contributed by atoms with Crippen LogP contribution in [0.1, 0.15) is 10.4 Å². The number of hydrogen-bond donors (Lipinski definition) is 0. The van der Waals surface area contributed by atoms with Crippen molar-refractivity contribution in [3.63, 3.8) is 0 Å². The molecule has 0 aliphatic heterocycles. The molecule has 2 heterocycles. The predicted molar refractivity (Wildman–Crippen MR) is 124 cm³/mol. The third kappa shape index (κ3) is 3.98. The number of fused-ring (bicyclic) bond motifs is 1. The van der Waals surface area contributed by atoms with Crippen LogP contribution >= 0.6 is 11.8 Å². The SMILES string of the molecule is O=C(CSc1nnc(-c2cccnc2)n1-c1ccccc1)c1ccc2ccccc2c1. The first-order valence-electron chi connectivity index (χ1n) is 9.85. The van der Waals surface area contributed by atoms with Crippen LogP contribution in [0.15, 0.2) is 102 Å². The highest BCUT2D eigenvalue weighted by Gasteiger charge is 2.18. The van der Waals surface area contributed by atoms with Gasteiger partial charge < -0.3 is 0 Å². The van der Waals surface area contributed by atoms with E-state index in [1.807, 2.05) is 89.5 Å². The largest absolute Gasteiger partial charge is 0.293 e. The Hall–Kier alpha value is -3.77. The Morgan fingerprint density at radius 3 is 2.45 bits per heavy atom. The fourth-order valence-electron chi connectivity index (χ4n) is 3.43. The lowest BCUT2D eigenvalue weighted by molar-refractivity contribution is 0.102. The van der Waals surface area contributed by atoms with Gasteiger partial charge in [-0.1, -0.05) is 66.4 Å². The van der Waals surface area contributed by atoms with E-state index < -0.39 is 0 Å². The second-order valence-corrected chi connectivity index (χ2v) is 7.94.